The summed E-state index contributed by atoms with van der Waals surface area (Å²) in [5, 5.41) is 16.3. The molecule has 11 heteroatoms. The summed E-state index contributed by atoms with van der Waals surface area (Å²) in [6.07, 6.45) is -0.0763. The van der Waals surface area contributed by atoms with Gasteiger partial charge in [0.05, 0.1) is 18.8 Å². The van der Waals surface area contributed by atoms with Crippen molar-refractivity contribution in [3.63, 3.8) is 0 Å². The van der Waals surface area contributed by atoms with Crippen LogP contribution in [0.5, 0.6) is 0 Å². The molecule has 47 heavy (non-hydrogen) atoms. The van der Waals surface area contributed by atoms with Gasteiger partial charge in [0.1, 0.15) is 16.9 Å². The molecule has 3 aromatic carbocycles. The number of aliphatic hydroxyl groups is 1. The van der Waals surface area contributed by atoms with Gasteiger partial charge in [0.2, 0.25) is 5.91 Å². The number of benzene rings is 3. The second-order valence-corrected chi connectivity index (χ2v) is 12.7. The number of hydrogen-bond acceptors (Lipinski definition) is 6. The van der Waals surface area contributed by atoms with Gasteiger partial charge in [-0.2, -0.15) is 0 Å². The number of carbonyl (C=O) groups is 3. The van der Waals surface area contributed by atoms with Crippen molar-refractivity contribution in [2.24, 2.45) is 0 Å². The lowest BCUT2D eigenvalue weighted by molar-refractivity contribution is -0.122. The number of nitrogens with zero attached hydrogens (tertiary/aromatic N) is 1. The molecule has 0 bridgehead atoms. The van der Waals surface area contributed by atoms with E-state index in [4.69, 9.17) is 4.74 Å². The van der Waals surface area contributed by atoms with E-state index in [-0.39, 0.29) is 30.0 Å². The summed E-state index contributed by atoms with van der Waals surface area (Å²) < 4.78 is 33.5. The van der Waals surface area contributed by atoms with Crippen molar-refractivity contribution in [2.45, 2.75) is 64.0 Å². The third kappa shape index (κ3) is 11.7. The molecular formula is C36H45F2N3O5S. The second kappa shape index (κ2) is 19.1. The number of methoxy groups -OCH3 is 1. The summed E-state index contributed by atoms with van der Waals surface area (Å²) >= 11 is 1.15. The van der Waals surface area contributed by atoms with E-state index in [1.54, 1.807) is 24.0 Å². The maximum Gasteiger partial charge on any atom is 0.253 e. The van der Waals surface area contributed by atoms with Gasteiger partial charge in [-0.1, -0.05) is 44.2 Å². The minimum absolute atomic E-state index is 0.173. The Morgan fingerprint density at radius 1 is 0.915 bits per heavy atom. The van der Waals surface area contributed by atoms with Gasteiger partial charge in [-0.3, -0.25) is 14.4 Å². The Hall–Kier alpha value is -3.80. The lowest BCUT2D eigenvalue weighted by atomic mass is 9.97. The van der Waals surface area contributed by atoms with E-state index in [2.05, 4.69) is 10.6 Å². The molecule has 8 nitrogen and oxygen atoms in total. The van der Waals surface area contributed by atoms with Crippen molar-refractivity contribution < 1.29 is 33.0 Å². The van der Waals surface area contributed by atoms with E-state index in [1.165, 1.54) is 13.2 Å². The highest BCUT2D eigenvalue weighted by Gasteiger charge is 2.35. The lowest BCUT2D eigenvalue weighted by Crippen LogP contribution is -2.53. The monoisotopic (exact) mass is 669 g/mol. The number of aryl methyl sites for hydroxylation is 1. The molecule has 0 aliphatic heterocycles. The minimum atomic E-state index is -1.47. The van der Waals surface area contributed by atoms with Gasteiger partial charge in [-0.25, -0.2) is 8.78 Å². The number of ether oxygens (including phenoxy) is 1. The first kappa shape index (κ1) is 37.7. The molecule has 3 aromatic rings. The maximum atomic E-state index is 14.2. The fourth-order valence-corrected chi connectivity index (χ4v) is 6.39. The van der Waals surface area contributed by atoms with Crippen molar-refractivity contribution in [2.75, 3.05) is 32.6 Å². The third-order valence-corrected chi connectivity index (χ3v) is 8.68. The zero-order valence-electron chi connectivity index (χ0n) is 27.4. The number of aliphatic hydroxyl groups excluding tert-OH is 1. The highest BCUT2D eigenvalue weighted by molar-refractivity contribution is 8.00. The third-order valence-electron chi connectivity index (χ3n) is 7.43. The van der Waals surface area contributed by atoms with E-state index < -0.39 is 40.8 Å². The predicted octanol–water partition coefficient (Wildman–Crippen LogP) is 5.30. The Bertz CT molecular complexity index is 1450. The van der Waals surface area contributed by atoms with Crippen LogP contribution < -0.4 is 10.6 Å². The Kier molecular flexibility index (Phi) is 15.3. The first-order valence-electron chi connectivity index (χ1n) is 15.8. The number of halogens is 2. The summed E-state index contributed by atoms with van der Waals surface area (Å²) in [6.45, 7) is 7.43. The fraction of sp³-hybridized carbons (Fsp3) is 0.417. The first-order valence-corrected chi connectivity index (χ1v) is 16.9. The lowest BCUT2D eigenvalue weighted by Gasteiger charge is -2.30. The quantitative estimate of drug-likeness (QED) is 0.159. The van der Waals surface area contributed by atoms with Crippen LogP contribution in [-0.2, 0) is 22.5 Å². The van der Waals surface area contributed by atoms with Gasteiger partial charge >= 0.3 is 0 Å². The van der Waals surface area contributed by atoms with Crippen LogP contribution in [0.25, 0.3) is 0 Å². The molecular weight excluding hydrogens is 624 g/mol. The number of carbonyl (C=O) groups excluding carboxylic acids is 3. The highest BCUT2D eigenvalue weighted by Crippen LogP contribution is 2.22. The molecule has 254 valence electrons. The van der Waals surface area contributed by atoms with Crippen LogP contribution >= 0.6 is 11.8 Å². The van der Waals surface area contributed by atoms with E-state index >= 15 is 0 Å². The van der Waals surface area contributed by atoms with Crippen LogP contribution in [-0.4, -0.2) is 77.7 Å². The van der Waals surface area contributed by atoms with Crippen LogP contribution in [0.1, 0.15) is 64.1 Å². The number of thioether (sulfide) groups is 1. The second-order valence-electron chi connectivity index (χ2n) is 11.4. The summed E-state index contributed by atoms with van der Waals surface area (Å²) in [7, 11) is 1.52. The van der Waals surface area contributed by atoms with Crippen molar-refractivity contribution in [1.29, 1.82) is 0 Å². The van der Waals surface area contributed by atoms with Crippen LogP contribution in [0.3, 0.4) is 0 Å². The summed E-state index contributed by atoms with van der Waals surface area (Å²) in [6, 6.07) is 16.0. The van der Waals surface area contributed by atoms with Crippen LogP contribution in [0, 0.1) is 18.6 Å². The highest BCUT2D eigenvalue weighted by atomic mass is 32.2. The molecule has 3 amide bonds. The van der Waals surface area contributed by atoms with Crippen LogP contribution in [0.15, 0.2) is 66.7 Å². The Morgan fingerprint density at radius 2 is 1.55 bits per heavy atom. The molecule has 3 rings (SSSR count). The van der Waals surface area contributed by atoms with E-state index in [0.717, 1.165) is 48.4 Å². The van der Waals surface area contributed by atoms with Crippen LogP contribution in [0.2, 0.25) is 0 Å². The van der Waals surface area contributed by atoms with Crippen molar-refractivity contribution >= 4 is 29.5 Å². The zero-order chi connectivity index (χ0) is 34.3. The molecule has 0 radical (unpaired) electrons. The number of rotatable bonds is 18. The van der Waals surface area contributed by atoms with Gasteiger partial charge < -0.3 is 25.4 Å². The molecule has 3 N–H and O–H groups in total. The molecule has 0 heterocycles. The summed E-state index contributed by atoms with van der Waals surface area (Å²) in [5.41, 5.74) is 2.27. The SMILES string of the molecule is CCCN(CCC)C(=O)c1cc(C)cc(C(=O)N[C@@H](Cc2cc(F)cc(F)c2)[C@@H](O)[C@@H](SCCOC)C(=O)NCc2ccccc2)c1. The Morgan fingerprint density at radius 3 is 2.17 bits per heavy atom. The molecule has 0 saturated carbocycles. The van der Waals surface area contributed by atoms with Crippen molar-refractivity contribution in [3.8, 4) is 0 Å². The molecule has 0 fully saturated rings. The smallest absolute Gasteiger partial charge is 0.253 e. The average molecular weight is 670 g/mol. The molecule has 0 unspecified atom stereocenters. The predicted molar refractivity (Wildman–Crippen MR) is 181 cm³/mol. The number of amides is 3. The molecule has 0 aliphatic carbocycles. The summed E-state index contributed by atoms with van der Waals surface area (Å²) in [4.78, 5) is 42.4. The Balaban J connectivity index is 1.94. The van der Waals surface area contributed by atoms with Gasteiger partial charge in [-0.05, 0) is 73.2 Å². The maximum absolute atomic E-state index is 14.2. The van der Waals surface area contributed by atoms with E-state index in [1.807, 2.05) is 44.2 Å². The Labute approximate surface area is 280 Å². The molecule has 0 saturated heterocycles. The van der Waals surface area contributed by atoms with Gasteiger partial charge in [0, 0.05) is 49.7 Å². The van der Waals surface area contributed by atoms with Crippen LogP contribution in [0.4, 0.5) is 8.78 Å². The largest absolute Gasteiger partial charge is 0.389 e. The van der Waals surface area contributed by atoms with Gasteiger partial charge in [0.15, 0.2) is 0 Å². The van der Waals surface area contributed by atoms with Gasteiger partial charge in [-0.15, -0.1) is 11.8 Å². The fourth-order valence-electron chi connectivity index (χ4n) is 5.25. The standard InChI is InChI=1S/C36H45F2N3O5S/c1-5-12-41(13-6-2)36(45)28-17-24(3)16-27(21-28)34(43)40-31(20-26-18-29(37)22-30(38)19-26)32(42)33(47-15-14-46-4)35(44)39-23-25-10-8-7-9-11-25/h7-11,16-19,21-22,31-33,42H,5-6,12-15,20,23H2,1-4H3,(H,39,44)(H,40,43)/t31-,32+,33+/m0/s1. The molecule has 3 atom stereocenters. The van der Waals surface area contributed by atoms with E-state index in [0.29, 0.717) is 36.6 Å². The molecule has 0 aliphatic rings. The first-order chi connectivity index (χ1) is 22.6. The average Bonchev–Trinajstić information content (AvgIpc) is 3.04. The van der Waals surface area contributed by atoms with E-state index in [9.17, 15) is 28.3 Å². The number of hydrogen-bond donors (Lipinski definition) is 3. The summed E-state index contributed by atoms with van der Waals surface area (Å²) in [5.74, 6) is -2.52. The molecule has 0 aromatic heterocycles. The topological polar surface area (TPSA) is 108 Å². The normalized spacial score (nSPS) is 13.0. The minimum Gasteiger partial charge on any atom is -0.389 e. The van der Waals surface area contributed by atoms with Gasteiger partial charge in [0.25, 0.3) is 11.8 Å². The molecule has 0 spiro atoms. The van der Waals surface area contributed by atoms with Crippen molar-refractivity contribution in [3.05, 3.63) is 106 Å². The number of nitrogens with one attached hydrogen (secondary N) is 2. The zero-order valence-corrected chi connectivity index (χ0v) is 28.2. The van der Waals surface area contributed by atoms with Crippen molar-refractivity contribution in [1.82, 2.24) is 15.5 Å².